The average Bonchev–Trinajstić information content (AvgIpc) is 2.26. The van der Waals surface area contributed by atoms with Crippen LogP contribution in [0.4, 0.5) is 5.69 Å². The van der Waals surface area contributed by atoms with Crippen LogP contribution in [0.5, 0.6) is 0 Å². The molecule has 0 radical (unpaired) electrons. The molecule has 0 atom stereocenters. The van der Waals surface area contributed by atoms with Gasteiger partial charge in [0.1, 0.15) is 0 Å². The van der Waals surface area contributed by atoms with E-state index in [0.29, 0.717) is 0 Å². The smallest absolute Gasteiger partial charge is 0.272 e. The maximum atomic E-state index is 10.7. The van der Waals surface area contributed by atoms with Crippen LogP contribution in [0.2, 0.25) is 0 Å². The molecule has 0 spiro atoms. The normalized spacial score (nSPS) is 11.6. The first-order valence-electron chi connectivity index (χ1n) is 4.44. The van der Waals surface area contributed by atoms with E-state index in [-0.39, 0.29) is 10.2 Å². The Labute approximate surface area is 92.4 Å². The Morgan fingerprint density at radius 3 is 2.25 bits per heavy atom. The van der Waals surface area contributed by atoms with E-state index in [1.165, 1.54) is 12.1 Å². The lowest BCUT2D eigenvalue weighted by atomic mass is 10.1. The fourth-order valence-corrected chi connectivity index (χ4v) is 1.81. The third-order valence-corrected chi connectivity index (χ3v) is 2.82. The summed E-state index contributed by atoms with van der Waals surface area (Å²) in [6.07, 6.45) is 0. The van der Waals surface area contributed by atoms with E-state index in [0.717, 1.165) is 10.8 Å². The minimum absolute atomic E-state index is 0.0128. The van der Waals surface area contributed by atoms with Gasteiger partial charge in [-0.1, -0.05) is 30.3 Å². The van der Waals surface area contributed by atoms with Gasteiger partial charge < -0.3 is 0 Å². The molecule has 0 saturated heterocycles. The molecule has 2 N–H and O–H groups in total. The van der Waals surface area contributed by atoms with E-state index in [4.69, 9.17) is 4.55 Å². The molecule has 0 aliphatic carbocycles. The molecule has 0 aliphatic rings. The van der Waals surface area contributed by atoms with E-state index in [1.807, 2.05) is 12.1 Å². The monoisotopic (exact) mass is 239 g/mol. The Bertz CT molecular complexity index is 624. The molecule has 84 valence electrons. The Hall–Kier alpha value is -1.63. The minimum Gasteiger partial charge on any atom is -0.272 e. The molecule has 6 heteroatoms. The molecule has 5 nitrogen and oxygen atoms in total. The molecule has 0 amide bonds. The van der Waals surface area contributed by atoms with Crippen LogP contribution in [0.3, 0.4) is 0 Å². The van der Waals surface area contributed by atoms with Crippen LogP contribution in [-0.2, 0) is 10.3 Å². The molecule has 0 aliphatic heterocycles. The zero-order valence-electron chi connectivity index (χ0n) is 8.11. The first-order chi connectivity index (χ1) is 7.48. The van der Waals surface area contributed by atoms with Gasteiger partial charge >= 0.3 is 10.3 Å². The zero-order valence-corrected chi connectivity index (χ0v) is 8.92. The lowest BCUT2D eigenvalue weighted by Crippen LogP contribution is -2.25. The quantitative estimate of drug-likeness (QED) is 0.619. The van der Waals surface area contributed by atoms with Gasteiger partial charge in [0.15, 0.2) is 0 Å². The molecule has 0 saturated carbocycles. The van der Waals surface area contributed by atoms with Gasteiger partial charge in [-0.25, -0.2) is 0 Å². The number of hydrogen-bond donors (Lipinski definition) is 2. The largest absolute Gasteiger partial charge is 0.382 e. The van der Waals surface area contributed by atoms with Crippen LogP contribution >= 0.6 is 0 Å². The maximum Gasteiger partial charge on any atom is 0.382 e. The van der Waals surface area contributed by atoms with Crippen LogP contribution in [0.15, 0.2) is 42.5 Å². The Morgan fingerprint density at radius 2 is 1.62 bits per heavy atom. The highest BCUT2D eigenvalue weighted by Gasteiger charge is 2.16. The number of hydrogen-bond acceptors (Lipinski definition) is 3. The van der Waals surface area contributed by atoms with E-state index >= 15 is 0 Å². The Balaban J connectivity index is 2.55. The van der Waals surface area contributed by atoms with Crippen molar-refractivity contribution in [3.05, 3.63) is 42.5 Å². The molecule has 0 unspecified atom stereocenters. The molecule has 0 aromatic heterocycles. The van der Waals surface area contributed by atoms with Crippen molar-refractivity contribution in [2.75, 3.05) is 4.47 Å². The van der Waals surface area contributed by atoms with Crippen molar-refractivity contribution < 1.29 is 18.2 Å². The Kier molecular flexibility index (Phi) is 2.55. The average molecular weight is 239 g/mol. The third-order valence-electron chi connectivity index (χ3n) is 2.17. The summed E-state index contributed by atoms with van der Waals surface area (Å²) in [5.41, 5.74) is -0.0128. The van der Waals surface area contributed by atoms with Gasteiger partial charge in [0.05, 0.1) is 5.69 Å². The van der Waals surface area contributed by atoms with Crippen LogP contribution in [0.25, 0.3) is 10.8 Å². The fourth-order valence-electron chi connectivity index (χ4n) is 1.43. The SMILES string of the molecule is O=S(=O)(O)N(O)c1ccc2ccccc2c1. The standard InChI is InChI=1S/C10H9NO4S/c12-11(16(13,14)15)10-6-5-8-3-1-2-4-9(8)7-10/h1-7,12H,(H,13,14,15). The summed E-state index contributed by atoms with van der Waals surface area (Å²) < 4.78 is 29.9. The molecule has 2 aromatic rings. The number of fused-ring (bicyclic) bond motifs is 1. The van der Waals surface area contributed by atoms with Crippen molar-refractivity contribution >= 4 is 26.8 Å². The molecule has 2 aromatic carbocycles. The summed E-state index contributed by atoms with van der Waals surface area (Å²) in [6.45, 7) is 0. The molecule has 0 bridgehead atoms. The molecular weight excluding hydrogens is 230 g/mol. The molecule has 0 fully saturated rings. The van der Waals surface area contributed by atoms with E-state index < -0.39 is 10.3 Å². The zero-order chi connectivity index (χ0) is 11.8. The second-order valence-corrected chi connectivity index (χ2v) is 4.49. The first-order valence-corrected chi connectivity index (χ1v) is 5.83. The van der Waals surface area contributed by atoms with Crippen molar-refractivity contribution in [2.45, 2.75) is 0 Å². The van der Waals surface area contributed by atoms with Crippen molar-refractivity contribution in [2.24, 2.45) is 0 Å². The predicted molar refractivity (Wildman–Crippen MR) is 59.8 cm³/mol. The lowest BCUT2D eigenvalue weighted by Gasteiger charge is -2.12. The topological polar surface area (TPSA) is 77.8 Å². The number of benzene rings is 2. The van der Waals surface area contributed by atoms with Crippen LogP contribution in [0.1, 0.15) is 0 Å². The minimum atomic E-state index is -4.64. The number of anilines is 1. The predicted octanol–water partition coefficient (Wildman–Crippen LogP) is 1.84. The van der Waals surface area contributed by atoms with Gasteiger partial charge in [-0.05, 0) is 22.9 Å². The summed E-state index contributed by atoms with van der Waals surface area (Å²) in [7, 11) is -4.64. The lowest BCUT2D eigenvalue weighted by molar-refractivity contribution is 0.297. The summed E-state index contributed by atoms with van der Waals surface area (Å²) >= 11 is 0. The van der Waals surface area contributed by atoms with E-state index in [9.17, 15) is 13.6 Å². The van der Waals surface area contributed by atoms with Gasteiger partial charge in [0, 0.05) is 0 Å². The Morgan fingerprint density at radius 1 is 1.00 bits per heavy atom. The van der Waals surface area contributed by atoms with Gasteiger partial charge in [0.2, 0.25) is 0 Å². The van der Waals surface area contributed by atoms with Gasteiger partial charge in [0.25, 0.3) is 0 Å². The van der Waals surface area contributed by atoms with E-state index in [2.05, 4.69) is 0 Å². The van der Waals surface area contributed by atoms with E-state index in [1.54, 1.807) is 18.2 Å². The van der Waals surface area contributed by atoms with Gasteiger partial charge in [-0.2, -0.15) is 8.42 Å². The van der Waals surface area contributed by atoms with Crippen molar-refractivity contribution in [1.29, 1.82) is 0 Å². The summed E-state index contributed by atoms with van der Waals surface area (Å²) in [4.78, 5) is 0. The summed E-state index contributed by atoms with van der Waals surface area (Å²) in [5, 5.41) is 10.9. The number of nitrogens with zero attached hydrogens (tertiary/aromatic N) is 1. The van der Waals surface area contributed by atoms with Crippen LogP contribution in [-0.4, -0.2) is 18.2 Å². The number of rotatable bonds is 2. The van der Waals surface area contributed by atoms with Gasteiger partial charge in [-0.15, -0.1) is 4.47 Å². The van der Waals surface area contributed by atoms with Crippen molar-refractivity contribution in [3.8, 4) is 0 Å². The second-order valence-electron chi connectivity index (χ2n) is 3.25. The highest BCUT2D eigenvalue weighted by Crippen LogP contribution is 2.22. The second kappa shape index (κ2) is 3.75. The molecular formula is C10H9NO4S. The maximum absolute atomic E-state index is 10.7. The highest BCUT2D eigenvalue weighted by atomic mass is 32.2. The summed E-state index contributed by atoms with van der Waals surface area (Å²) in [6, 6.07) is 11.8. The molecule has 2 rings (SSSR count). The summed E-state index contributed by atoms with van der Waals surface area (Å²) in [5.74, 6) is 0. The van der Waals surface area contributed by atoms with Crippen LogP contribution in [0, 0.1) is 0 Å². The van der Waals surface area contributed by atoms with Crippen molar-refractivity contribution in [1.82, 2.24) is 0 Å². The first kappa shape index (κ1) is 10.9. The third kappa shape index (κ3) is 1.99. The fraction of sp³-hybridized carbons (Fsp3) is 0. The van der Waals surface area contributed by atoms with Crippen molar-refractivity contribution in [3.63, 3.8) is 0 Å². The van der Waals surface area contributed by atoms with Crippen LogP contribution < -0.4 is 4.47 Å². The highest BCUT2D eigenvalue weighted by molar-refractivity contribution is 7.87. The van der Waals surface area contributed by atoms with Gasteiger partial charge in [-0.3, -0.25) is 9.76 Å². The molecule has 16 heavy (non-hydrogen) atoms. The molecule has 0 heterocycles.